The molecule has 1 fully saturated rings. The van der Waals surface area contributed by atoms with E-state index in [1.165, 1.54) is 5.39 Å². The number of nitrogens with zero attached hydrogens (tertiary/aromatic N) is 1. The summed E-state index contributed by atoms with van der Waals surface area (Å²) in [6.45, 7) is 6.69. The summed E-state index contributed by atoms with van der Waals surface area (Å²) in [5.41, 5.74) is 1.06. The van der Waals surface area contributed by atoms with E-state index in [2.05, 4.69) is 45.2 Å². The van der Waals surface area contributed by atoms with Crippen LogP contribution in [0.4, 0.5) is 0 Å². The summed E-state index contributed by atoms with van der Waals surface area (Å²) in [4.78, 5) is 4.18. The van der Waals surface area contributed by atoms with Crippen molar-refractivity contribution in [3.05, 3.63) is 54.7 Å². The molecular weight excluding hydrogens is 260 g/mol. The molecule has 0 unspecified atom stereocenters. The number of aromatic nitrogens is 1. The average Bonchev–Trinajstić information content (AvgIpc) is 3.17. The van der Waals surface area contributed by atoms with Gasteiger partial charge in [0, 0.05) is 50.9 Å². The van der Waals surface area contributed by atoms with Gasteiger partial charge in [0.1, 0.15) is 0 Å². The molecule has 2 aliphatic rings. The summed E-state index contributed by atoms with van der Waals surface area (Å²) in [5, 5.41) is 10.8. The Hall–Kier alpha value is -1.75. The number of para-hydroxylation sites is 1. The van der Waals surface area contributed by atoms with Gasteiger partial charge >= 0.3 is 0 Å². The second-order valence-corrected chi connectivity index (χ2v) is 4.83. The lowest BCUT2D eigenvalue weighted by atomic mass is 10.2. The van der Waals surface area contributed by atoms with Gasteiger partial charge in [0.2, 0.25) is 0 Å². The Labute approximate surface area is 126 Å². The minimum Gasteiger partial charge on any atom is -0.314 e. The molecule has 2 aliphatic heterocycles. The van der Waals surface area contributed by atoms with E-state index >= 15 is 0 Å². The fourth-order valence-corrected chi connectivity index (χ4v) is 2.04. The van der Waals surface area contributed by atoms with Crippen LogP contribution >= 0.6 is 0 Å². The molecule has 0 amide bonds. The molecule has 0 atom stereocenters. The summed E-state index contributed by atoms with van der Waals surface area (Å²) < 4.78 is 0. The molecule has 0 radical (unpaired) electrons. The molecule has 21 heavy (non-hydrogen) atoms. The Morgan fingerprint density at radius 2 is 1.33 bits per heavy atom. The van der Waals surface area contributed by atoms with E-state index in [0.29, 0.717) is 0 Å². The zero-order valence-corrected chi connectivity index (χ0v) is 12.4. The van der Waals surface area contributed by atoms with E-state index in [-0.39, 0.29) is 0 Å². The van der Waals surface area contributed by atoms with Gasteiger partial charge in [-0.15, -0.1) is 0 Å². The van der Waals surface area contributed by atoms with Crippen molar-refractivity contribution in [3.63, 3.8) is 0 Å². The van der Waals surface area contributed by atoms with E-state index in [9.17, 15) is 0 Å². The summed E-state index contributed by atoms with van der Waals surface area (Å²) in [5.74, 6) is 0. The fraction of sp³-hybridized carbons (Fsp3) is 0.353. The van der Waals surface area contributed by atoms with Gasteiger partial charge in [0.05, 0.1) is 5.52 Å². The molecule has 4 heteroatoms. The lowest BCUT2D eigenvalue weighted by Crippen LogP contribution is -2.39. The second-order valence-electron chi connectivity index (χ2n) is 4.83. The van der Waals surface area contributed by atoms with Gasteiger partial charge in [0.15, 0.2) is 0 Å². The van der Waals surface area contributed by atoms with Crippen molar-refractivity contribution in [1.82, 2.24) is 20.9 Å². The van der Waals surface area contributed by atoms with E-state index in [4.69, 9.17) is 0 Å². The van der Waals surface area contributed by atoms with Crippen LogP contribution in [0, 0.1) is 0 Å². The lowest BCUT2D eigenvalue weighted by Gasteiger charge is -2.11. The third-order valence-electron chi connectivity index (χ3n) is 3.16. The van der Waals surface area contributed by atoms with Crippen LogP contribution in [-0.4, -0.2) is 44.3 Å². The summed E-state index contributed by atoms with van der Waals surface area (Å²) in [7, 11) is 0. The van der Waals surface area contributed by atoms with Crippen molar-refractivity contribution in [2.75, 3.05) is 39.3 Å². The standard InChI is InChI=1S/C9H7N.C4H10N2.C4H7N/c1-2-6-9-8(4-1)5-3-7-10-9;1-2-6-4-3-5-1;1-2-4-5-3-1/h1-7H;5-6H,1-4H2;1-2,5H,3-4H2. The van der Waals surface area contributed by atoms with Gasteiger partial charge in [0.25, 0.3) is 0 Å². The number of pyridine rings is 1. The first-order chi connectivity index (χ1) is 10.5. The largest absolute Gasteiger partial charge is 0.314 e. The molecule has 3 N–H and O–H groups in total. The Bertz CT molecular complexity index is 452. The molecule has 0 aliphatic carbocycles. The number of hydrogen-bond donors (Lipinski definition) is 3. The molecule has 1 aromatic carbocycles. The van der Waals surface area contributed by atoms with E-state index in [1.54, 1.807) is 0 Å². The molecule has 0 spiro atoms. The maximum absolute atomic E-state index is 4.18. The second kappa shape index (κ2) is 10.0. The Morgan fingerprint density at radius 1 is 0.714 bits per heavy atom. The van der Waals surface area contributed by atoms with Crippen molar-refractivity contribution in [2.24, 2.45) is 0 Å². The molecule has 0 saturated carbocycles. The number of rotatable bonds is 0. The Morgan fingerprint density at radius 3 is 1.86 bits per heavy atom. The first-order valence-corrected chi connectivity index (χ1v) is 7.54. The van der Waals surface area contributed by atoms with Crippen molar-refractivity contribution in [2.45, 2.75) is 0 Å². The zero-order valence-electron chi connectivity index (χ0n) is 12.4. The summed E-state index contributed by atoms with van der Waals surface area (Å²) >= 11 is 0. The maximum atomic E-state index is 4.18. The molecule has 112 valence electrons. The van der Waals surface area contributed by atoms with E-state index in [0.717, 1.165) is 44.8 Å². The van der Waals surface area contributed by atoms with Crippen molar-refractivity contribution >= 4 is 10.9 Å². The average molecular weight is 284 g/mol. The normalized spacial score (nSPS) is 16.6. The highest BCUT2D eigenvalue weighted by Crippen LogP contribution is 2.07. The van der Waals surface area contributed by atoms with Gasteiger partial charge < -0.3 is 16.0 Å². The van der Waals surface area contributed by atoms with Gasteiger partial charge in [-0.05, 0) is 12.1 Å². The van der Waals surface area contributed by atoms with Crippen molar-refractivity contribution < 1.29 is 0 Å². The molecule has 4 rings (SSSR count). The highest BCUT2D eigenvalue weighted by atomic mass is 15.0. The van der Waals surface area contributed by atoms with Crippen LogP contribution in [0.3, 0.4) is 0 Å². The minimum atomic E-state index is 1.06. The molecule has 0 bridgehead atoms. The van der Waals surface area contributed by atoms with Crippen molar-refractivity contribution in [3.8, 4) is 0 Å². The number of hydrogen-bond acceptors (Lipinski definition) is 4. The summed E-state index contributed by atoms with van der Waals surface area (Å²) in [6, 6.07) is 12.1. The van der Waals surface area contributed by atoms with Crippen LogP contribution in [0.15, 0.2) is 54.7 Å². The lowest BCUT2D eigenvalue weighted by molar-refractivity contribution is 0.534. The molecule has 1 saturated heterocycles. The molecule has 2 aromatic rings. The third-order valence-corrected chi connectivity index (χ3v) is 3.16. The number of nitrogens with one attached hydrogen (secondary N) is 3. The van der Waals surface area contributed by atoms with Crippen LogP contribution in [0.25, 0.3) is 10.9 Å². The van der Waals surface area contributed by atoms with Crippen LogP contribution in [0.5, 0.6) is 0 Å². The van der Waals surface area contributed by atoms with Gasteiger partial charge in [-0.2, -0.15) is 0 Å². The third kappa shape index (κ3) is 6.49. The van der Waals surface area contributed by atoms with Crippen LogP contribution in [0.1, 0.15) is 0 Å². The van der Waals surface area contributed by atoms with Gasteiger partial charge in [-0.1, -0.05) is 36.4 Å². The zero-order chi connectivity index (χ0) is 14.6. The number of fused-ring (bicyclic) bond motifs is 1. The monoisotopic (exact) mass is 284 g/mol. The van der Waals surface area contributed by atoms with Crippen LogP contribution in [0.2, 0.25) is 0 Å². The highest BCUT2D eigenvalue weighted by molar-refractivity contribution is 5.77. The van der Waals surface area contributed by atoms with E-state index < -0.39 is 0 Å². The number of piperazine rings is 1. The number of benzene rings is 1. The summed E-state index contributed by atoms with van der Waals surface area (Å²) in [6.07, 6.45) is 6.06. The first-order valence-electron chi connectivity index (χ1n) is 7.54. The SMILES string of the molecule is C1=CCNC1.C1CNCCN1.c1ccc2ncccc2c1. The highest BCUT2D eigenvalue weighted by Gasteiger charge is 1.91. The van der Waals surface area contributed by atoms with Crippen LogP contribution in [-0.2, 0) is 0 Å². The topological polar surface area (TPSA) is 49.0 Å². The Kier molecular flexibility index (Phi) is 7.48. The predicted molar refractivity (Wildman–Crippen MR) is 89.5 cm³/mol. The molecule has 1 aromatic heterocycles. The minimum absolute atomic E-state index is 1.06. The van der Waals surface area contributed by atoms with Crippen molar-refractivity contribution in [1.29, 1.82) is 0 Å². The van der Waals surface area contributed by atoms with Crippen LogP contribution < -0.4 is 16.0 Å². The predicted octanol–water partition coefficient (Wildman–Crippen LogP) is 1.56. The molecule has 4 nitrogen and oxygen atoms in total. The fourth-order valence-electron chi connectivity index (χ4n) is 2.04. The Balaban J connectivity index is 0.000000126. The first kappa shape index (κ1) is 15.6. The van der Waals surface area contributed by atoms with Gasteiger partial charge in [-0.3, -0.25) is 4.98 Å². The smallest absolute Gasteiger partial charge is 0.0701 e. The maximum Gasteiger partial charge on any atom is 0.0701 e. The van der Waals surface area contributed by atoms with E-state index in [1.807, 2.05) is 30.5 Å². The molecule has 3 heterocycles. The molecular formula is C17H24N4. The van der Waals surface area contributed by atoms with Gasteiger partial charge in [-0.25, -0.2) is 0 Å². The quantitative estimate of drug-likeness (QED) is 0.643.